The van der Waals surface area contributed by atoms with Crippen molar-refractivity contribution in [2.45, 2.75) is 94.9 Å². The topological polar surface area (TPSA) is 197 Å². The number of amides is 2. The van der Waals surface area contributed by atoms with Crippen LogP contribution in [0.25, 0.3) is 33.9 Å². The van der Waals surface area contributed by atoms with Gasteiger partial charge in [0, 0.05) is 48.4 Å². The van der Waals surface area contributed by atoms with Gasteiger partial charge in [-0.3, -0.25) is 9.59 Å². The molecule has 2 aromatic heterocycles. The number of sulfone groups is 1. The number of piperidine rings is 1. The van der Waals surface area contributed by atoms with Gasteiger partial charge in [-0.2, -0.15) is 31.3 Å². The minimum absolute atomic E-state index is 0.0196. The number of alkyl halides is 6. The average Bonchev–Trinajstić information content (AvgIpc) is 1.56. The van der Waals surface area contributed by atoms with Crippen molar-refractivity contribution in [3.63, 3.8) is 0 Å². The quantitative estimate of drug-likeness (QED) is 0.0342. The molecule has 1 aliphatic rings. The van der Waals surface area contributed by atoms with E-state index in [9.17, 15) is 44.3 Å². The maximum atomic E-state index is 14.3. The number of aryl methyl sites for hydroxylation is 1. The molecule has 0 aliphatic carbocycles. The molecule has 1 saturated heterocycles. The summed E-state index contributed by atoms with van der Waals surface area (Å²) < 4.78 is 142. The predicted octanol–water partition coefficient (Wildman–Crippen LogP) is 14.8. The zero-order valence-electron chi connectivity index (χ0n) is 52.2. The minimum Gasteiger partial charge on any atom is -0.497 e. The fraction of sp³-hybridized carbons (Fsp3) is 0.338. The van der Waals surface area contributed by atoms with Crippen LogP contribution in [0.2, 0.25) is 5.02 Å². The van der Waals surface area contributed by atoms with Crippen LogP contribution in [0.5, 0.6) is 17.2 Å². The standard InChI is InChI=1S/C68H71ClF6N8O9S/c1-41(2)92-58-38-54(43(5)34-57(58)79-66-77-39-55(69)63(81-66)78-56-10-8-9-11-59(56)93(86,87)42(3)4)45-24-28-82(29-25-45)60(84)26-30-90-32-33-91-31-27-76-65(85)48-14-12-44(13-15-48)40-83-62(47-18-22-53(89-7)23-19-47)61(46-16-20-52(88-6)21-17-46)80-64(83)49-35-50(67(70,71)72)37-51(36-49)68(73,74)75/h8-23,34-39,41-42,45H,24-33,40H2,1-7H3,(H,76,85)(H2,77,78,79,81). The van der Waals surface area contributed by atoms with E-state index in [1.165, 1.54) is 26.5 Å². The first-order valence-corrected chi connectivity index (χ1v) is 31.9. The van der Waals surface area contributed by atoms with Crippen molar-refractivity contribution in [2.75, 3.05) is 70.9 Å². The number of hydrogen-bond acceptors (Lipinski definition) is 14. The van der Waals surface area contributed by atoms with Crippen LogP contribution < -0.4 is 30.2 Å². The SMILES string of the molecule is COc1ccc(-c2nc(-c3cc(C(F)(F)F)cc(C(F)(F)F)c3)n(Cc3ccc(C(=O)NCCOCCOCCC(=O)N4CCC(c5cc(OC(C)C)c(Nc6ncc(Cl)c(Nc7ccccc7S(=O)(=O)C(C)C)n6)cc5C)CC4)cc3)c2-c2ccc(OC)cc2)cc1. The lowest BCUT2D eigenvalue weighted by molar-refractivity contribution is -0.143. The largest absolute Gasteiger partial charge is 0.497 e. The van der Waals surface area contributed by atoms with Crippen molar-refractivity contribution in [3.8, 4) is 51.2 Å². The van der Waals surface area contributed by atoms with Crippen LogP contribution in [0.3, 0.4) is 0 Å². The Morgan fingerprint density at radius 1 is 0.710 bits per heavy atom. The number of benzene rings is 6. The van der Waals surface area contributed by atoms with Crippen LogP contribution in [0.4, 0.5) is 49.5 Å². The number of carbonyl (C=O) groups excluding carboxylic acids is 2. The van der Waals surface area contributed by atoms with E-state index in [0.29, 0.717) is 76.2 Å². The van der Waals surface area contributed by atoms with Gasteiger partial charge in [-0.15, -0.1) is 0 Å². The highest BCUT2D eigenvalue weighted by molar-refractivity contribution is 7.92. The molecule has 9 rings (SSSR count). The van der Waals surface area contributed by atoms with Crippen LogP contribution >= 0.6 is 11.6 Å². The molecule has 1 fully saturated rings. The molecule has 0 spiro atoms. The third-order valence-electron chi connectivity index (χ3n) is 15.5. The lowest BCUT2D eigenvalue weighted by Crippen LogP contribution is -2.38. The Kier molecular flexibility index (Phi) is 22.1. The summed E-state index contributed by atoms with van der Waals surface area (Å²) in [6.45, 7) is 11.1. The van der Waals surface area contributed by atoms with Crippen LogP contribution in [0.1, 0.15) is 91.1 Å². The summed E-state index contributed by atoms with van der Waals surface area (Å²) >= 11 is 6.52. The molecule has 6 aromatic carbocycles. The first-order chi connectivity index (χ1) is 44.3. The summed E-state index contributed by atoms with van der Waals surface area (Å²) in [5, 5.41) is 8.71. The summed E-state index contributed by atoms with van der Waals surface area (Å²) in [6.07, 6.45) is -7.30. The summed E-state index contributed by atoms with van der Waals surface area (Å²) in [5.74, 6) is 1.58. The van der Waals surface area contributed by atoms with Gasteiger partial charge in [0.05, 0.1) is 103 Å². The van der Waals surface area contributed by atoms with E-state index in [1.54, 1.807) is 109 Å². The monoisotopic (exact) mass is 1320 g/mol. The van der Waals surface area contributed by atoms with Crippen LogP contribution in [0, 0.1) is 6.92 Å². The number of anilines is 4. The molecular formula is C68H71ClF6N8O9S. The molecule has 3 heterocycles. The van der Waals surface area contributed by atoms with Gasteiger partial charge in [0.1, 0.15) is 28.1 Å². The molecule has 2 amide bonds. The van der Waals surface area contributed by atoms with E-state index in [1.807, 2.05) is 37.8 Å². The molecule has 0 unspecified atom stereocenters. The number of aromatic nitrogens is 4. The number of rotatable bonds is 26. The summed E-state index contributed by atoms with van der Waals surface area (Å²) in [4.78, 5) is 42.4. The molecule has 17 nitrogen and oxygen atoms in total. The number of nitrogens with zero attached hydrogens (tertiary/aromatic N) is 5. The van der Waals surface area contributed by atoms with E-state index in [4.69, 9.17) is 40.3 Å². The Labute approximate surface area is 540 Å². The Bertz CT molecular complexity index is 4000. The second kappa shape index (κ2) is 29.9. The van der Waals surface area contributed by atoms with E-state index in [-0.39, 0.29) is 109 Å². The van der Waals surface area contributed by atoms with E-state index in [0.717, 1.165) is 24.0 Å². The van der Waals surface area contributed by atoms with Gasteiger partial charge in [0.2, 0.25) is 11.9 Å². The maximum Gasteiger partial charge on any atom is 0.416 e. The highest BCUT2D eigenvalue weighted by Crippen LogP contribution is 2.44. The second-order valence-corrected chi connectivity index (χ2v) is 25.5. The average molecular weight is 1330 g/mol. The normalized spacial score (nSPS) is 13.1. The molecule has 0 saturated carbocycles. The molecular weight excluding hydrogens is 1250 g/mol. The highest BCUT2D eigenvalue weighted by atomic mass is 35.5. The number of para-hydroxylation sites is 1. The third-order valence-corrected chi connectivity index (χ3v) is 18.0. The summed E-state index contributed by atoms with van der Waals surface area (Å²) in [7, 11) is -0.661. The molecule has 0 atom stereocenters. The van der Waals surface area contributed by atoms with Crippen molar-refractivity contribution >= 4 is 56.4 Å². The Morgan fingerprint density at radius 3 is 1.92 bits per heavy atom. The van der Waals surface area contributed by atoms with E-state index >= 15 is 0 Å². The number of methoxy groups -OCH3 is 2. The van der Waals surface area contributed by atoms with Crippen molar-refractivity contribution in [3.05, 3.63) is 172 Å². The van der Waals surface area contributed by atoms with Crippen molar-refractivity contribution < 1.29 is 68.0 Å². The van der Waals surface area contributed by atoms with Gasteiger partial charge >= 0.3 is 12.4 Å². The fourth-order valence-corrected chi connectivity index (χ4v) is 12.0. The zero-order valence-corrected chi connectivity index (χ0v) is 53.7. The lowest BCUT2D eigenvalue weighted by Gasteiger charge is -2.33. The molecule has 93 heavy (non-hydrogen) atoms. The van der Waals surface area contributed by atoms with Gasteiger partial charge in [-0.05, 0) is 173 Å². The van der Waals surface area contributed by atoms with E-state index in [2.05, 4.69) is 25.9 Å². The van der Waals surface area contributed by atoms with Crippen LogP contribution in [0.15, 0.2) is 138 Å². The van der Waals surface area contributed by atoms with Gasteiger partial charge in [-0.25, -0.2) is 18.4 Å². The summed E-state index contributed by atoms with van der Waals surface area (Å²) in [5.41, 5.74) is 2.19. The van der Waals surface area contributed by atoms with Gasteiger partial charge in [0.15, 0.2) is 15.7 Å². The smallest absolute Gasteiger partial charge is 0.416 e. The number of carbonyl (C=O) groups is 2. The molecule has 25 heteroatoms. The minimum atomic E-state index is -5.12. The first-order valence-electron chi connectivity index (χ1n) is 30.0. The number of hydrogen-bond donors (Lipinski definition) is 3. The zero-order chi connectivity index (χ0) is 66.8. The first kappa shape index (κ1) is 68.7. The van der Waals surface area contributed by atoms with Crippen LogP contribution in [-0.2, 0) is 43.0 Å². The molecule has 8 aromatic rings. The molecule has 0 radical (unpaired) electrons. The number of imidazole rings is 1. The van der Waals surface area contributed by atoms with Crippen LogP contribution in [-0.4, -0.2) is 116 Å². The highest BCUT2D eigenvalue weighted by Gasteiger charge is 2.38. The summed E-state index contributed by atoms with van der Waals surface area (Å²) in [6, 6.07) is 31.8. The number of likely N-dealkylation sites (tertiary alicyclic amines) is 1. The Morgan fingerprint density at radius 2 is 1.32 bits per heavy atom. The van der Waals surface area contributed by atoms with Crippen molar-refractivity contribution in [2.24, 2.45) is 0 Å². The number of nitrogens with one attached hydrogen (secondary N) is 3. The lowest BCUT2D eigenvalue weighted by atomic mass is 9.86. The third kappa shape index (κ3) is 17.1. The number of halogens is 7. The fourth-order valence-electron chi connectivity index (χ4n) is 10.7. The Hall–Kier alpha value is -8.71. The maximum absolute atomic E-state index is 14.3. The second-order valence-electron chi connectivity index (χ2n) is 22.7. The van der Waals surface area contributed by atoms with Gasteiger partial charge < -0.3 is 49.1 Å². The van der Waals surface area contributed by atoms with Gasteiger partial charge in [-0.1, -0.05) is 35.9 Å². The predicted molar refractivity (Wildman–Crippen MR) is 344 cm³/mol. The Balaban J connectivity index is 0.754. The molecule has 492 valence electrons. The molecule has 3 N–H and O–H groups in total. The van der Waals surface area contributed by atoms with Crippen molar-refractivity contribution in [1.29, 1.82) is 0 Å². The van der Waals surface area contributed by atoms with Gasteiger partial charge in [0.25, 0.3) is 5.91 Å². The molecule has 0 bridgehead atoms. The number of ether oxygens (including phenoxy) is 5. The van der Waals surface area contributed by atoms with E-state index < -0.39 is 50.0 Å². The molecule has 1 aliphatic heterocycles. The van der Waals surface area contributed by atoms with Crippen molar-refractivity contribution in [1.82, 2.24) is 29.7 Å².